The van der Waals surface area contributed by atoms with E-state index < -0.39 is 0 Å². The molecule has 9 nitrogen and oxygen atoms in total. The minimum absolute atomic E-state index is 0.543. The molecule has 0 atom stereocenters. The van der Waals surface area contributed by atoms with E-state index in [2.05, 4.69) is 91.5 Å². The Kier molecular flexibility index (Phi) is 11.2. The fraction of sp³-hybridized carbons (Fsp3) is 0.205. The Morgan fingerprint density at radius 1 is 0.706 bits per heavy atom. The normalized spacial score (nSPS) is 11.0. The molecule has 6 aromatic heterocycles. The van der Waals surface area contributed by atoms with Gasteiger partial charge in [0.2, 0.25) is 5.78 Å². The lowest BCUT2D eigenvalue weighted by atomic mass is 10.2. The van der Waals surface area contributed by atoms with Crippen molar-refractivity contribution in [1.29, 1.82) is 0 Å². The number of benzene rings is 2. The Bertz CT molecular complexity index is 2460. The van der Waals surface area contributed by atoms with Crippen LogP contribution in [0.3, 0.4) is 0 Å². The molecule has 0 saturated carbocycles. The third-order valence-electron chi connectivity index (χ3n) is 8.13. The van der Waals surface area contributed by atoms with Crippen LogP contribution in [-0.2, 0) is 25.7 Å². The number of thioether (sulfide) groups is 1. The van der Waals surface area contributed by atoms with Crippen LogP contribution in [0.2, 0.25) is 0 Å². The van der Waals surface area contributed by atoms with Crippen LogP contribution in [0, 0.1) is 32.5 Å². The van der Waals surface area contributed by atoms with E-state index in [1.165, 1.54) is 5.69 Å². The summed E-state index contributed by atoms with van der Waals surface area (Å²) < 4.78 is 8.81. The number of nitrogens with zero attached hydrogens (tertiary/aromatic N) is 8. The molecule has 260 valence electrons. The minimum atomic E-state index is 0.543. The summed E-state index contributed by atoms with van der Waals surface area (Å²) in [5.41, 5.74) is 11.8. The number of imidazole rings is 3. The highest BCUT2D eigenvalue weighted by molar-refractivity contribution is 7.98. The number of hydrogen-bond acceptors (Lipinski definition) is 6. The molecular formula is C39H40ClN9S2. The lowest BCUT2D eigenvalue weighted by Crippen LogP contribution is -1.94. The number of aromatic amines is 1. The Balaban J connectivity index is 0.000000145. The van der Waals surface area contributed by atoms with Crippen LogP contribution in [0.25, 0.3) is 33.9 Å². The molecule has 0 aliphatic rings. The van der Waals surface area contributed by atoms with Crippen molar-refractivity contribution in [3.8, 4) is 22.5 Å². The van der Waals surface area contributed by atoms with Gasteiger partial charge in [-0.2, -0.15) is 0 Å². The third kappa shape index (κ3) is 8.68. The molecule has 0 bridgehead atoms. The number of nitrogens with one attached hydrogen (secondary N) is 1. The predicted molar refractivity (Wildman–Crippen MR) is 211 cm³/mol. The topological polar surface area (TPSA) is 86.0 Å². The maximum atomic E-state index is 5.75. The van der Waals surface area contributed by atoms with Gasteiger partial charge in [0.25, 0.3) is 0 Å². The van der Waals surface area contributed by atoms with Crippen molar-refractivity contribution in [1.82, 2.24) is 42.9 Å². The zero-order valence-corrected chi connectivity index (χ0v) is 31.9. The summed E-state index contributed by atoms with van der Waals surface area (Å²) in [5.74, 6) is 2.07. The minimum Gasteiger partial charge on any atom is -0.331 e. The third-order valence-corrected chi connectivity index (χ3v) is 9.91. The lowest BCUT2D eigenvalue weighted by Gasteiger charge is -2.00. The number of H-pyrrole nitrogens is 1. The van der Waals surface area contributed by atoms with E-state index in [4.69, 9.17) is 28.8 Å². The van der Waals surface area contributed by atoms with Gasteiger partial charge in [-0.05, 0) is 69.2 Å². The fourth-order valence-electron chi connectivity index (χ4n) is 5.64. The Morgan fingerprint density at radius 2 is 1.35 bits per heavy atom. The second kappa shape index (κ2) is 15.9. The highest BCUT2D eigenvalue weighted by Crippen LogP contribution is 2.26. The van der Waals surface area contributed by atoms with Crippen LogP contribution in [0.1, 0.15) is 34.0 Å². The number of rotatable bonds is 6. The Hall–Kier alpha value is -4.97. The molecule has 0 radical (unpaired) electrons. The quantitative estimate of drug-likeness (QED) is 0.104. The van der Waals surface area contributed by atoms with E-state index in [9.17, 15) is 0 Å². The number of hydrogen-bond donors (Lipinski definition) is 1. The number of aryl methyl sites for hydroxylation is 6. The fourth-order valence-corrected chi connectivity index (χ4v) is 6.79. The summed E-state index contributed by atoms with van der Waals surface area (Å²) in [6.07, 6.45) is 8.16. The molecule has 0 aliphatic carbocycles. The molecule has 6 heterocycles. The van der Waals surface area contributed by atoms with Gasteiger partial charge in [0.1, 0.15) is 5.65 Å². The Morgan fingerprint density at radius 3 is 2.00 bits per heavy atom. The van der Waals surface area contributed by atoms with Crippen LogP contribution in [0.15, 0.2) is 109 Å². The second-order valence-corrected chi connectivity index (χ2v) is 13.9. The van der Waals surface area contributed by atoms with E-state index >= 15 is 0 Å². The van der Waals surface area contributed by atoms with Crippen molar-refractivity contribution in [2.24, 2.45) is 14.1 Å². The van der Waals surface area contributed by atoms with Gasteiger partial charge in [0.15, 0.2) is 9.93 Å². The molecule has 0 aliphatic heterocycles. The molecule has 8 rings (SSSR count). The number of halogens is 1. The number of fused-ring (bicyclic) bond motifs is 2. The van der Waals surface area contributed by atoms with E-state index in [-0.39, 0.29) is 0 Å². The molecule has 8 aromatic rings. The van der Waals surface area contributed by atoms with Crippen LogP contribution >= 0.6 is 35.6 Å². The molecule has 0 amide bonds. The van der Waals surface area contributed by atoms with Gasteiger partial charge in [0, 0.05) is 78.9 Å². The van der Waals surface area contributed by atoms with Gasteiger partial charge in [-0.1, -0.05) is 72.4 Å². The van der Waals surface area contributed by atoms with E-state index in [0.29, 0.717) is 5.88 Å². The summed E-state index contributed by atoms with van der Waals surface area (Å²) >= 11 is 12.5. The highest BCUT2D eigenvalue weighted by atomic mass is 35.5. The first kappa shape index (κ1) is 35.8. The largest absolute Gasteiger partial charge is 0.331 e. The Labute approximate surface area is 312 Å². The van der Waals surface area contributed by atoms with Crippen LogP contribution < -0.4 is 0 Å². The zero-order valence-electron chi connectivity index (χ0n) is 29.5. The predicted octanol–water partition coefficient (Wildman–Crippen LogP) is 9.48. The first-order chi connectivity index (χ1) is 24.6. The second-order valence-electron chi connectivity index (χ2n) is 12.3. The van der Waals surface area contributed by atoms with Gasteiger partial charge in [0.05, 0.1) is 17.1 Å². The first-order valence-electron chi connectivity index (χ1n) is 16.4. The molecule has 0 fully saturated rings. The summed E-state index contributed by atoms with van der Waals surface area (Å²) in [6, 6.07) is 26.5. The smallest absolute Gasteiger partial charge is 0.234 e. The van der Waals surface area contributed by atoms with Crippen molar-refractivity contribution < 1.29 is 0 Å². The summed E-state index contributed by atoms with van der Waals surface area (Å²) in [4.78, 5) is 21.4. The van der Waals surface area contributed by atoms with Gasteiger partial charge < -0.3 is 18.5 Å². The molecule has 2 aromatic carbocycles. The van der Waals surface area contributed by atoms with Crippen molar-refractivity contribution in [3.05, 3.63) is 142 Å². The van der Waals surface area contributed by atoms with Crippen LogP contribution in [-0.4, -0.2) is 42.9 Å². The number of aromatic nitrogens is 9. The lowest BCUT2D eigenvalue weighted by molar-refractivity contribution is 0.790. The van der Waals surface area contributed by atoms with E-state index in [1.54, 1.807) is 11.8 Å². The highest BCUT2D eigenvalue weighted by Gasteiger charge is 2.11. The molecule has 0 spiro atoms. The first-order valence-corrected chi connectivity index (χ1v) is 18.4. The van der Waals surface area contributed by atoms with Crippen molar-refractivity contribution in [2.45, 2.75) is 44.5 Å². The maximum absolute atomic E-state index is 5.75. The molecule has 12 heteroatoms. The van der Waals surface area contributed by atoms with Crippen LogP contribution in [0.5, 0.6) is 0 Å². The van der Waals surface area contributed by atoms with Gasteiger partial charge in [-0.15, -0.1) is 11.6 Å². The maximum Gasteiger partial charge on any atom is 0.234 e. The summed E-state index contributed by atoms with van der Waals surface area (Å²) in [6.45, 7) is 8.14. The molecule has 1 N–H and O–H groups in total. The van der Waals surface area contributed by atoms with Gasteiger partial charge in [-0.25, -0.2) is 19.9 Å². The average Bonchev–Trinajstić information content (AvgIpc) is 3.91. The number of alkyl halides is 1. The molecular weight excluding hydrogens is 694 g/mol. The van der Waals surface area contributed by atoms with Gasteiger partial charge in [-0.3, -0.25) is 4.40 Å². The van der Waals surface area contributed by atoms with E-state index in [1.807, 2.05) is 91.8 Å². The average molecular weight is 734 g/mol. The van der Waals surface area contributed by atoms with Crippen molar-refractivity contribution in [2.75, 3.05) is 0 Å². The molecule has 51 heavy (non-hydrogen) atoms. The summed E-state index contributed by atoms with van der Waals surface area (Å²) in [5, 5.41) is 0.983. The van der Waals surface area contributed by atoms with E-state index in [0.717, 1.165) is 78.0 Å². The van der Waals surface area contributed by atoms with Crippen molar-refractivity contribution in [3.63, 3.8) is 0 Å². The SMILES string of the molecule is Cc1cc(C)n2cc(CCl)cc2n1.Cc1cc(C)n2cc(CSc3nc(-c4ccccc4)cn3C)nc2n1.Cn1cc(-c2ccccc2)[nH]c1=S. The monoisotopic (exact) mass is 733 g/mol. The molecule has 0 saturated heterocycles. The molecule has 0 unspecified atom stereocenters. The standard InChI is InChI=1S/C19H19N5S.C10H11ClN2.C10H10N2S/c1-13-9-14(2)24-10-16(21-18(24)20-13)12-25-19-22-17(11-23(19)3)15-7-5-4-6-8-15;1-7-3-8(2)13-6-9(5-11)4-10(13)12-7;1-12-7-9(11-10(12)13)8-5-3-2-4-6-8/h4-11H,12H2,1-3H3;3-4,6H,5H2,1-2H3;2-7H,1H3,(H,11,13). The van der Waals surface area contributed by atoms with Crippen molar-refractivity contribution >= 4 is 47.0 Å². The summed E-state index contributed by atoms with van der Waals surface area (Å²) in [7, 11) is 3.96. The van der Waals surface area contributed by atoms with Gasteiger partial charge >= 0.3 is 0 Å². The van der Waals surface area contributed by atoms with Crippen LogP contribution in [0.4, 0.5) is 0 Å². The zero-order chi connectivity index (χ0) is 36.1.